The second kappa shape index (κ2) is 8.54. The van der Waals surface area contributed by atoms with Gasteiger partial charge in [0.25, 0.3) is 15.9 Å². The van der Waals surface area contributed by atoms with Gasteiger partial charge in [0, 0.05) is 18.7 Å². The molecule has 2 aromatic rings. The Bertz CT molecular complexity index is 974. The Morgan fingerprint density at radius 3 is 2.67 bits per heavy atom. The third-order valence-corrected chi connectivity index (χ3v) is 5.86. The highest BCUT2D eigenvalue weighted by Crippen LogP contribution is 2.20. The van der Waals surface area contributed by atoms with Crippen molar-refractivity contribution in [2.24, 2.45) is 4.99 Å². The number of rotatable bonds is 4. The van der Waals surface area contributed by atoms with E-state index in [-0.39, 0.29) is 4.90 Å². The highest BCUT2D eigenvalue weighted by molar-refractivity contribution is 7.90. The Kier molecular flexibility index (Phi) is 6.13. The summed E-state index contributed by atoms with van der Waals surface area (Å²) in [4.78, 5) is 16.7. The Morgan fingerprint density at radius 1 is 1.04 bits per heavy atom. The molecule has 1 aliphatic heterocycles. The summed E-state index contributed by atoms with van der Waals surface area (Å²) < 4.78 is 27.9. The zero-order chi connectivity index (χ0) is 19.3. The summed E-state index contributed by atoms with van der Waals surface area (Å²) in [6.07, 6.45) is 3.53. The van der Waals surface area contributed by atoms with Crippen LogP contribution >= 0.6 is 11.6 Å². The number of amidine groups is 1. The maximum absolute atomic E-state index is 12.6. The number of aliphatic imine (C=N–C) groups is 1. The first-order valence-corrected chi connectivity index (χ1v) is 10.5. The van der Waals surface area contributed by atoms with Crippen molar-refractivity contribution >= 4 is 39.1 Å². The lowest BCUT2D eigenvalue weighted by Gasteiger charge is -2.11. The minimum Gasteiger partial charge on any atom is -0.322 e. The average Bonchev–Trinajstić information content (AvgIpc) is 2.90. The van der Waals surface area contributed by atoms with Crippen molar-refractivity contribution in [1.29, 1.82) is 0 Å². The van der Waals surface area contributed by atoms with Crippen molar-refractivity contribution in [3.8, 4) is 0 Å². The standard InChI is InChI=1S/C19H20ClN3O3S/c20-17-10-4-3-9-16(17)19(24)22-14-7-6-8-15(13-14)27(25,26)23-18-11-2-1-5-12-21-18/h3-4,6-10,13H,1-2,5,11-12H2,(H,21,23)(H,22,24). The number of amides is 1. The van der Waals surface area contributed by atoms with E-state index in [1.807, 2.05) is 0 Å². The molecule has 0 aromatic heterocycles. The molecule has 1 aliphatic rings. The number of hydrogen-bond donors (Lipinski definition) is 2. The normalized spacial score (nSPS) is 14.8. The van der Waals surface area contributed by atoms with Crippen LogP contribution in [0.3, 0.4) is 0 Å². The summed E-state index contributed by atoms with van der Waals surface area (Å²) in [5.74, 6) is 0.0780. The van der Waals surface area contributed by atoms with Crippen LogP contribution in [0, 0.1) is 0 Å². The first kappa shape index (κ1) is 19.4. The zero-order valence-electron chi connectivity index (χ0n) is 14.6. The molecule has 6 nitrogen and oxygen atoms in total. The fourth-order valence-corrected chi connectivity index (χ4v) is 4.11. The maximum atomic E-state index is 12.6. The molecular weight excluding hydrogens is 386 g/mol. The van der Waals surface area contributed by atoms with Crippen LogP contribution in [0.15, 0.2) is 58.4 Å². The molecular formula is C19H20ClN3O3S. The van der Waals surface area contributed by atoms with Gasteiger partial charge in [0.2, 0.25) is 0 Å². The SMILES string of the molecule is O=C(Nc1cccc(S(=O)(=O)NC2=NCCCCC2)c1)c1ccccc1Cl. The quantitative estimate of drug-likeness (QED) is 0.809. The fourth-order valence-electron chi connectivity index (χ4n) is 2.76. The number of nitrogens with zero attached hydrogens (tertiary/aromatic N) is 1. The molecule has 0 atom stereocenters. The molecule has 3 rings (SSSR count). The molecule has 1 amide bonds. The lowest BCUT2D eigenvalue weighted by Crippen LogP contribution is -2.30. The molecule has 1 heterocycles. The number of benzene rings is 2. The van der Waals surface area contributed by atoms with Gasteiger partial charge in [-0.15, -0.1) is 0 Å². The molecule has 142 valence electrons. The first-order chi connectivity index (χ1) is 13.0. The van der Waals surface area contributed by atoms with Gasteiger partial charge in [-0.25, -0.2) is 8.42 Å². The maximum Gasteiger partial charge on any atom is 0.262 e. The number of nitrogens with one attached hydrogen (secondary N) is 2. The van der Waals surface area contributed by atoms with Gasteiger partial charge in [-0.1, -0.05) is 36.2 Å². The van der Waals surface area contributed by atoms with E-state index in [1.165, 1.54) is 12.1 Å². The Balaban J connectivity index is 1.77. The van der Waals surface area contributed by atoms with Gasteiger partial charge in [0.05, 0.1) is 15.5 Å². The third-order valence-electron chi connectivity index (χ3n) is 4.15. The summed E-state index contributed by atoms with van der Waals surface area (Å²) in [6, 6.07) is 12.7. The van der Waals surface area contributed by atoms with Gasteiger partial charge in [-0.05, 0) is 43.2 Å². The molecule has 0 fully saturated rings. The smallest absolute Gasteiger partial charge is 0.262 e. The summed E-state index contributed by atoms with van der Waals surface area (Å²) >= 11 is 6.03. The van der Waals surface area contributed by atoms with Crippen LogP contribution in [0.2, 0.25) is 5.02 Å². The van der Waals surface area contributed by atoms with E-state index in [0.717, 1.165) is 19.3 Å². The number of carbonyl (C=O) groups excluding carboxylic acids is 1. The number of hydrogen-bond acceptors (Lipinski definition) is 4. The molecule has 0 bridgehead atoms. The molecule has 0 unspecified atom stereocenters. The van der Waals surface area contributed by atoms with Gasteiger partial charge in [-0.2, -0.15) is 0 Å². The van der Waals surface area contributed by atoms with E-state index in [4.69, 9.17) is 11.6 Å². The van der Waals surface area contributed by atoms with E-state index in [1.54, 1.807) is 36.4 Å². The lowest BCUT2D eigenvalue weighted by molar-refractivity contribution is 0.102. The minimum absolute atomic E-state index is 0.0615. The number of sulfonamides is 1. The fraction of sp³-hybridized carbons (Fsp3) is 0.263. The van der Waals surface area contributed by atoms with Crippen LogP contribution in [0.25, 0.3) is 0 Å². The highest BCUT2D eigenvalue weighted by Gasteiger charge is 2.18. The van der Waals surface area contributed by atoms with Crippen molar-refractivity contribution in [2.75, 3.05) is 11.9 Å². The predicted molar refractivity (Wildman–Crippen MR) is 107 cm³/mol. The van der Waals surface area contributed by atoms with Crippen molar-refractivity contribution < 1.29 is 13.2 Å². The largest absolute Gasteiger partial charge is 0.322 e. The van der Waals surface area contributed by atoms with Crippen LogP contribution < -0.4 is 10.0 Å². The summed E-state index contributed by atoms with van der Waals surface area (Å²) in [6.45, 7) is 0.631. The van der Waals surface area contributed by atoms with Crippen molar-refractivity contribution in [2.45, 2.75) is 30.6 Å². The molecule has 27 heavy (non-hydrogen) atoms. The van der Waals surface area contributed by atoms with Gasteiger partial charge in [0.1, 0.15) is 5.84 Å². The Hall–Kier alpha value is -2.38. The van der Waals surface area contributed by atoms with Gasteiger partial charge < -0.3 is 5.32 Å². The van der Waals surface area contributed by atoms with Crippen LogP contribution in [-0.2, 0) is 10.0 Å². The summed E-state index contributed by atoms with van der Waals surface area (Å²) in [5, 5.41) is 3.01. The molecule has 0 spiro atoms. The first-order valence-electron chi connectivity index (χ1n) is 8.68. The van der Waals surface area contributed by atoms with E-state index in [9.17, 15) is 13.2 Å². The second-order valence-electron chi connectivity index (χ2n) is 6.21. The lowest BCUT2D eigenvalue weighted by atomic mass is 10.2. The third kappa shape index (κ3) is 5.08. The molecule has 0 radical (unpaired) electrons. The van der Waals surface area contributed by atoms with Gasteiger partial charge in [-0.3, -0.25) is 14.5 Å². The van der Waals surface area contributed by atoms with Crippen LogP contribution in [0.5, 0.6) is 0 Å². The number of carbonyl (C=O) groups is 1. The average molecular weight is 406 g/mol. The predicted octanol–water partition coefficient (Wildman–Crippen LogP) is 3.84. The molecule has 2 aromatic carbocycles. The van der Waals surface area contributed by atoms with Gasteiger partial charge >= 0.3 is 0 Å². The second-order valence-corrected chi connectivity index (χ2v) is 8.30. The Labute approximate surface area is 163 Å². The monoisotopic (exact) mass is 405 g/mol. The van der Waals surface area contributed by atoms with E-state index < -0.39 is 15.9 Å². The summed E-state index contributed by atoms with van der Waals surface area (Å²) in [7, 11) is -3.77. The van der Waals surface area contributed by atoms with E-state index in [0.29, 0.717) is 35.1 Å². The molecule has 2 N–H and O–H groups in total. The van der Waals surface area contributed by atoms with E-state index in [2.05, 4.69) is 15.0 Å². The molecule has 0 saturated heterocycles. The minimum atomic E-state index is -3.77. The summed E-state index contributed by atoms with van der Waals surface area (Å²) in [5.41, 5.74) is 0.684. The van der Waals surface area contributed by atoms with Crippen molar-refractivity contribution in [1.82, 2.24) is 4.72 Å². The van der Waals surface area contributed by atoms with Crippen LogP contribution in [-0.4, -0.2) is 26.7 Å². The number of anilines is 1. The topological polar surface area (TPSA) is 87.6 Å². The van der Waals surface area contributed by atoms with Crippen LogP contribution in [0.1, 0.15) is 36.0 Å². The van der Waals surface area contributed by atoms with E-state index >= 15 is 0 Å². The molecule has 0 saturated carbocycles. The zero-order valence-corrected chi connectivity index (χ0v) is 16.2. The van der Waals surface area contributed by atoms with Crippen molar-refractivity contribution in [3.63, 3.8) is 0 Å². The number of halogens is 1. The van der Waals surface area contributed by atoms with Crippen molar-refractivity contribution in [3.05, 3.63) is 59.1 Å². The Morgan fingerprint density at radius 2 is 1.85 bits per heavy atom. The van der Waals surface area contributed by atoms with Gasteiger partial charge in [0.15, 0.2) is 0 Å². The highest BCUT2D eigenvalue weighted by atomic mass is 35.5. The molecule has 8 heteroatoms. The molecule has 0 aliphatic carbocycles. The van der Waals surface area contributed by atoms with Crippen LogP contribution in [0.4, 0.5) is 5.69 Å².